The molecule has 1 fully saturated rings. The monoisotopic (exact) mass is 290 g/mol. The number of hydrogen-bond acceptors (Lipinski definition) is 5. The van der Waals surface area contributed by atoms with Gasteiger partial charge in [0, 0.05) is 25.4 Å². The summed E-state index contributed by atoms with van der Waals surface area (Å²) in [5, 5.41) is 24.0. The van der Waals surface area contributed by atoms with E-state index in [0.29, 0.717) is 29.9 Å². The minimum absolute atomic E-state index is 0.114. The Morgan fingerprint density at radius 2 is 2.29 bits per heavy atom. The summed E-state index contributed by atoms with van der Waals surface area (Å²) in [6.45, 7) is 3.91. The zero-order valence-corrected chi connectivity index (χ0v) is 12.0. The van der Waals surface area contributed by atoms with E-state index in [1.54, 1.807) is 28.6 Å². The van der Waals surface area contributed by atoms with Crippen molar-refractivity contribution in [1.29, 1.82) is 0 Å². The number of fused-ring (bicyclic) bond motifs is 1. The van der Waals surface area contributed by atoms with Gasteiger partial charge in [0.15, 0.2) is 5.65 Å². The SMILES string of the molecule is Cc1c(C(=O)N2CCC(C)(O)C(O)C2)cnc2ccnn12. The van der Waals surface area contributed by atoms with E-state index in [9.17, 15) is 15.0 Å². The van der Waals surface area contributed by atoms with E-state index in [0.717, 1.165) is 0 Å². The van der Waals surface area contributed by atoms with Crippen LogP contribution in [0, 0.1) is 6.92 Å². The molecule has 2 N–H and O–H groups in total. The van der Waals surface area contributed by atoms with E-state index < -0.39 is 11.7 Å². The van der Waals surface area contributed by atoms with Crippen LogP contribution in [0.25, 0.3) is 5.65 Å². The molecule has 1 saturated heterocycles. The second-order valence-electron chi connectivity index (χ2n) is 5.73. The van der Waals surface area contributed by atoms with Crippen molar-refractivity contribution in [3.05, 3.63) is 29.7 Å². The van der Waals surface area contributed by atoms with Crippen LogP contribution in [-0.2, 0) is 0 Å². The molecule has 0 saturated carbocycles. The van der Waals surface area contributed by atoms with Gasteiger partial charge in [0.25, 0.3) is 5.91 Å². The molecule has 3 heterocycles. The van der Waals surface area contributed by atoms with Crippen molar-refractivity contribution in [2.45, 2.75) is 32.0 Å². The molecule has 2 aromatic rings. The summed E-state index contributed by atoms with van der Waals surface area (Å²) < 4.78 is 1.61. The van der Waals surface area contributed by atoms with Gasteiger partial charge >= 0.3 is 0 Å². The minimum atomic E-state index is -1.14. The van der Waals surface area contributed by atoms with Gasteiger partial charge in [-0.05, 0) is 20.3 Å². The van der Waals surface area contributed by atoms with Gasteiger partial charge in [-0.2, -0.15) is 5.10 Å². The van der Waals surface area contributed by atoms with Crippen molar-refractivity contribution in [3.63, 3.8) is 0 Å². The number of hydrogen-bond donors (Lipinski definition) is 2. The van der Waals surface area contributed by atoms with Crippen LogP contribution >= 0.6 is 0 Å². The zero-order chi connectivity index (χ0) is 15.2. The van der Waals surface area contributed by atoms with E-state index in [2.05, 4.69) is 10.1 Å². The highest BCUT2D eigenvalue weighted by Crippen LogP contribution is 2.23. The first-order chi connectivity index (χ1) is 9.90. The van der Waals surface area contributed by atoms with E-state index in [1.165, 1.54) is 6.20 Å². The quantitative estimate of drug-likeness (QED) is 0.771. The number of nitrogens with zero attached hydrogens (tertiary/aromatic N) is 4. The number of aliphatic hydroxyl groups excluding tert-OH is 1. The fourth-order valence-electron chi connectivity index (χ4n) is 2.58. The van der Waals surface area contributed by atoms with Crippen LogP contribution in [0.3, 0.4) is 0 Å². The number of piperidine rings is 1. The van der Waals surface area contributed by atoms with Crippen LogP contribution in [0.5, 0.6) is 0 Å². The number of aryl methyl sites for hydroxylation is 1. The molecule has 7 nitrogen and oxygen atoms in total. The van der Waals surface area contributed by atoms with Crippen molar-refractivity contribution in [1.82, 2.24) is 19.5 Å². The molecule has 1 aliphatic rings. The highest BCUT2D eigenvalue weighted by atomic mass is 16.3. The summed E-state index contributed by atoms with van der Waals surface area (Å²) in [4.78, 5) is 18.3. The lowest BCUT2D eigenvalue weighted by Crippen LogP contribution is -2.55. The molecule has 7 heteroatoms. The maximum Gasteiger partial charge on any atom is 0.257 e. The smallest absolute Gasteiger partial charge is 0.257 e. The number of rotatable bonds is 1. The molecule has 0 spiro atoms. The van der Waals surface area contributed by atoms with Gasteiger partial charge in [0.05, 0.1) is 29.2 Å². The lowest BCUT2D eigenvalue weighted by molar-refractivity contribution is -0.0999. The number of aliphatic hydroxyl groups is 2. The normalized spacial score (nSPS) is 26.3. The topological polar surface area (TPSA) is 91.0 Å². The second kappa shape index (κ2) is 4.78. The van der Waals surface area contributed by atoms with Crippen molar-refractivity contribution < 1.29 is 15.0 Å². The summed E-state index contributed by atoms with van der Waals surface area (Å²) in [5.74, 6) is -0.202. The molecule has 0 radical (unpaired) electrons. The minimum Gasteiger partial charge on any atom is -0.388 e. The molecular formula is C14H18N4O3. The van der Waals surface area contributed by atoms with Crippen LogP contribution < -0.4 is 0 Å². The summed E-state index contributed by atoms with van der Waals surface area (Å²) in [6, 6.07) is 1.77. The highest BCUT2D eigenvalue weighted by Gasteiger charge is 2.38. The molecule has 2 unspecified atom stereocenters. The Morgan fingerprint density at radius 3 is 3.00 bits per heavy atom. The molecule has 21 heavy (non-hydrogen) atoms. The molecule has 1 amide bonds. The van der Waals surface area contributed by atoms with E-state index >= 15 is 0 Å². The summed E-state index contributed by atoms with van der Waals surface area (Å²) >= 11 is 0. The molecule has 3 rings (SSSR count). The van der Waals surface area contributed by atoms with Crippen molar-refractivity contribution >= 4 is 11.6 Å². The van der Waals surface area contributed by atoms with Crippen LogP contribution in [0.2, 0.25) is 0 Å². The Kier molecular flexibility index (Phi) is 3.18. The van der Waals surface area contributed by atoms with Crippen LogP contribution in [-0.4, -0.2) is 60.4 Å². The van der Waals surface area contributed by atoms with Gasteiger partial charge in [0.1, 0.15) is 0 Å². The number of likely N-dealkylation sites (tertiary alicyclic amines) is 1. The molecule has 1 aliphatic heterocycles. The summed E-state index contributed by atoms with van der Waals surface area (Å²) in [7, 11) is 0. The third-order valence-corrected chi connectivity index (χ3v) is 4.17. The fraction of sp³-hybridized carbons (Fsp3) is 0.500. The maximum atomic E-state index is 12.6. The number of carbonyl (C=O) groups excluding carboxylic acids is 1. The molecule has 2 aromatic heterocycles. The Balaban J connectivity index is 1.89. The number of aromatic nitrogens is 3. The summed E-state index contributed by atoms with van der Waals surface area (Å²) in [5.41, 5.74) is 0.711. The van der Waals surface area contributed by atoms with Gasteiger partial charge < -0.3 is 15.1 Å². The Bertz CT molecular complexity index is 695. The average molecular weight is 290 g/mol. The molecule has 112 valence electrons. The second-order valence-corrected chi connectivity index (χ2v) is 5.73. The largest absolute Gasteiger partial charge is 0.388 e. The number of amides is 1. The van der Waals surface area contributed by atoms with Crippen LogP contribution in [0.4, 0.5) is 0 Å². The number of carbonyl (C=O) groups is 1. The van der Waals surface area contributed by atoms with E-state index in [4.69, 9.17) is 0 Å². The average Bonchev–Trinajstić information content (AvgIpc) is 2.91. The zero-order valence-electron chi connectivity index (χ0n) is 12.0. The van der Waals surface area contributed by atoms with Gasteiger partial charge in [-0.25, -0.2) is 9.50 Å². The Labute approximate surface area is 121 Å². The van der Waals surface area contributed by atoms with Crippen molar-refractivity contribution in [2.24, 2.45) is 0 Å². The predicted octanol–water partition coefficient (Wildman–Crippen LogP) is -0.00448. The lowest BCUT2D eigenvalue weighted by Gasteiger charge is -2.40. The Hall–Kier alpha value is -1.99. The van der Waals surface area contributed by atoms with Gasteiger partial charge in [-0.3, -0.25) is 4.79 Å². The lowest BCUT2D eigenvalue weighted by atomic mass is 9.90. The van der Waals surface area contributed by atoms with E-state index in [-0.39, 0.29) is 12.5 Å². The first kappa shape index (κ1) is 14.0. The van der Waals surface area contributed by atoms with Crippen molar-refractivity contribution in [2.75, 3.05) is 13.1 Å². The third kappa shape index (κ3) is 2.28. The predicted molar refractivity (Wildman–Crippen MR) is 74.9 cm³/mol. The van der Waals surface area contributed by atoms with Crippen molar-refractivity contribution in [3.8, 4) is 0 Å². The van der Waals surface area contributed by atoms with Gasteiger partial charge in [-0.1, -0.05) is 0 Å². The molecule has 2 atom stereocenters. The molecule has 0 aromatic carbocycles. The van der Waals surface area contributed by atoms with Gasteiger partial charge in [-0.15, -0.1) is 0 Å². The fourth-order valence-corrected chi connectivity index (χ4v) is 2.58. The molecule has 0 bridgehead atoms. The molecule has 0 aliphatic carbocycles. The standard InChI is InChI=1S/C14H18N4O3/c1-9-10(7-15-12-3-5-16-18(9)12)13(20)17-6-4-14(2,21)11(19)8-17/h3,5,7,11,19,21H,4,6,8H2,1-2H3. The maximum absolute atomic E-state index is 12.6. The third-order valence-electron chi connectivity index (χ3n) is 4.17. The van der Waals surface area contributed by atoms with Crippen LogP contribution in [0.1, 0.15) is 29.4 Å². The number of β-amino-alcohol motifs (C(OH)–C–C–N with tert-alkyl or cyclic N) is 1. The van der Waals surface area contributed by atoms with Crippen LogP contribution in [0.15, 0.2) is 18.5 Å². The van der Waals surface area contributed by atoms with E-state index in [1.807, 2.05) is 6.92 Å². The first-order valence-corrected chi connectivity index (χ1v) is 6.89. The summed E-state index contributed by atoms with van der Waals surface area (Å²) in [6.07, 6.45) is 2.56. The molecular weight excluding hydrogens is 272 g/mol. The highest BCUT2D eigenvalue weighted by molar-refractivity contribution is 5.95. The first-order valence-electron chi connectivity index (χ1n) is 6.89. The Morgan fingerprint density at radius 1 is 1.52 bits per heavy atom. The van der Waals surface area contributed by atoms with Gasteiger partial charge in [0.2, 0.25) is 0 Å².